The molecule has 3 amide bonds. The number of rotatable bonds is 8. The number of urea groups is 1. The molecule has 0 radical (unpaired) electrons. The first-order valence-electron chi connectivity index (χ1n) is 9.74. The minimum absolute atomic E-state index is 0.372. The van der Waals surface area contributed by atoms with Crippen LogP contribution in [0.3, 0.4) is 0 Å². The van der Waals surface area contributed by atoms with Crippen LogP contribution in [0.2, 0.25) is 0 Å². The molecule has 2 N–H and O–H groups in total. The number of fused-ring (bicyclic) bond motifs is 1. The van der Waals surface area contributed by atoms with Crippen molar-refractivity contribution in [2.75, 3.05) is 13.2 Å². The fourth-order valence-electron chi connectivity index (χ4n) is 2.83. The highest BCUT2D eigenvalue weighted by molar-refractivity contribution is 7.18. The summed E-state index contributed by atoms with van der Waals surface area (Å²) in [4.78, 5) is 40.5. The molecule has 156 valence electrons. The summed E-state index contributed by atoms with van der Waals surface area (Å²) in [6, 6.07) is 14.3. The van der Waals surface area contributed by atoms with E-state index in [1.54, 1.807) is 23.5 Å². The molecule has 3 rings (SSSR count). The van der Waals surface area contributed by atoms with Crippen LogP contribution in [0.5, 0.6) is 0 Å². The fraction of sp³-hybridized carbons (Fsp3) is 0.273. The van der Waals surface area contributed by atoms with Crippen LogP contribution < -0.4 is 10.6 Å². The Morgan fingerprint density at radius 1 is 1.07 bits per heavy atom. The van der Waals surface area contributed by atoms with Gasteiger partial charge < -0.3 is 10.1 Å². The van der Waals surface area contributed by atoms with E-state index in [0.717, 1.165) is 33.6 Å². The fourth-order valence-corrected chi connectivity index (χ4v) is 3.82. The lowest BCUT2D eigenvalue weighted by molar-refractivity contribution is -0.123. The second-order valence-electron chi connectivity index (χ2n) is 6.64. The number of carbonyl (C=O) groups excluding carboxylic acids is 3. The lowest BCUT2D eigenvalue weighted by atomic mass is 10.1. The summed E-state index contributed by atoms with van der Waals surface area (Å²) in [5.74, 6) is -1.30. The van der Waals surface area contributed by atoms with Gasteiger partial charge in [0.15, 0.2) is 6.61 Å². The Bertz CT molecular complexity index is 1010. The molecule has 0 aliphatic carbocycles. The van der Waals surface area contributed by atoms with Crippen molar-refractivity contribution in [2.24, 2.45) is 0 Å². The van der Waals surface area contributed by atoms with Gasteiger partial charge in [-0.1, -0.05) is 43.7 Å². The summed E-state index contributed by atoms with van der Waals surface area (Å²) in [5, 5.41) is 5.59. The largest absolute Gasteiger partial charge is 0.452 e. The van der Waals surface area contributed by atoms with Gasteiger partial charge in [-0.25, -0.2) is 14.6 Å². The van der Waals surface area contributed by atoms with Gasteiger partial charge in [-0.3, -0.25) is 10.1 Å². The van der Waals surface area contributed by atoms with Crippen LogP contribution in [0.1, 0.15) is 40.7 Å². The lowest BCUT2D eigenvalue weighted by Gasteiger charge is -2.09. The summed E-state index contributed by atoms with van der Waals surface area (Å²) in [5.41, 5.74) is 2.06. The van der Waals surface area contributed by atoms with E-state index in [2.05, 4.69) is 15.6 Å². The van der Waals surface area contributed by atoms with E-state index in [1.807, 2.05) is 43.3 Å². The molecule has 8 heteroatoms. The first-order chi connectivity index (χ1) is 14.6. The zero-order chi connectivity index (χ0) is 21.3. The molecule has 0 unspecified atom stereocenters. The third-order valence-corrected chi connectivity index (χ3v) is 5.36. The van der Waals surface area contributed by atoms with Crippen molar-refractivity contribution in [3.63, 3.8) is 0 Å². The van der Waals surface area contributed by atoms with Crippen LogP contribution in [0.15, 0.2) is 48.5 Å². The topological polar surface area (TPSA) is 97.4 Å². The molecule has 0 aliphatic heterocycles. The van der Waals surface area contributed by atoms with E-state index in [4.69, 9.17) is 4.74 Å². The number of esters is 1. The molecule has 0 saturated carbocycles. The van der Waals surface area contributed by atoms with Crippen LogP contribution in [0.4, 0.5) is 4.79 Å². The molecule has 0 aliphatic rings. The molecule has 1 heterocycles. The number of nitrogens with one attached hydrogen (secondary N) is 2. The van der Waals surface area contributed by atoms with E-state index >= 15 is 0 Å². The van der Waals surface area contributed by atoms with Crippen LogP contribution in [-0.4, -0.2) is 36.0 Å². The first kappa shape index (κ1) is 21.4. The van der Waals surface area contributed by atoms with Gasteiger partial charge in [0.25, 0.3) is 5.91 Å². The van der Waals surface area contributed by atoms with Gasteiger partial charge in [-0.05, 0) is 30.2 Å². The van der Waals surface area contributed by atoms with Crippen LogP contribution >= 0.6 is 11.3 Å². The smallest absolute Gasteiger partial charge is 0.338 e. The SMILES string of the molecule is CCCCNC(=O)NC(=O)COC(=O)c1ccccc1Cc1nc2ccccc2s1. The zero-order valence-corrected chi connectivity index (χ0v) is 17.5. The van der Waals surface area contributed by atoms with Gasteiger partial charge in [0.2, 0.25) is 0 Å². The average molecular weight is 426 g/mol. The number of benzene rings is 2. The molecule has 2 aromatic carbocycles. The molecule has 0 atom stereocenters. The number of unbranched alkanes of at least 4 members (excludes halogenated alkanes) is 1. The van der Waals surface area contributed by atoms with Gasteiger partial charge >= 0.3 is 12.0 Å². The Morgan fingerprint density at radius 2 is 1.83 bits per heavy atom. The van der Waals surface area contributed by atoms with Gasteiger partial charge in [0, 0.05) is 13.0 Å². The standard InChI is InChI=1S/C22H23N3O4S/c1-2-3-12-23-22(28)25-19(26)14-29-21(27)16-9-5-4-8-15(16)13-20-24-17-10-6-7-11-18(17)30-20/h4-11H,2-3,12-14H2,1H3,(H2,23,25,26,28). The van der Waals surface area contributed by atoms with Crippen molar-refractivity contribution in [1.82, 2.24) is 15.6 Å². The van der Waals surface area contributed by atoms with E-state index in [1.165, 1.54) is 0 Å². The van der Waals surface area contributed by atoms with Crippen molar-refractivity contribution in [3.05, 3.63) is 64.7 Å². The predicted octanol–water partition coefficient (Wildman–Crippen LogP) is 3.67. The molecule has 1 aromatic heterocycles. The number of hydrogen-bond donors (Lipinski definition) is 2. The summed E-state index contributed by atoms with van der Waals surface area (Å²) >= 11 is 1.57. The van der Waals surface area contributed by atoms with Crippen LogP contribution in [0, 0.1) is 0 Å². The van der Waals surface area contributed by atoms with Gasteiger partial charge in [0.1, 0.15) is 0 Å². The van der Waals surface area contributed by atoms with E-state index in [9.17, 15) is 14.4 Å². The van der Waals surface area contributed by atoms with Gasteiger partial charge in [-0.2, -0.15) is 0 Å². The molecule has 0 saturated heterocycles. The second-order valence-corrected chi connectivity index (χ2v) is 7.76. The Kier molecular flexibility index (Phi) is 7.51. The van der Waals surface area contributed by atoms with Crippen molar-refractivity contribution in [3.8, 4) is 0 Å². The van der Waals surface area contributed by atoms with Crippen LogP contribution in [0.25, 0.3) is 10.2 Å². The minimum atomic E-state index is -0.680. The molecule has 3 aromatic rings. The third-order valence-electron chi connectivity index (χ3n) is 4.32. The number of hydrogen-bond acceptors (Lipinski definition) is 6. The van der Waals surface area contributed by atoms with E-state index in [0.29, 0.717) is 18.5 Å². The molecular weight excluding hydrogens is 402 g/mol. The lowest BCUT2D eigenvalue weighted by Crippen LogP contribution is -2.41. The maximum Gasteiger partial charge on any atom is 0.338 e. The molecule has 0 spiro atoms. The first-order valence-corrected chi connectivity index (χ1v) is 10.6. The highest BCUT2D eigenvalue weighted by Gasteiger charge is 2.16. The molecule has 0 fully saturated rings. The van der Waals surface area contributed by atoms with Gasteiger partial charge in [0.05, 0.1) is 20.8 Å². The number of nitrogens with zero attached hydrogens (tertiary/aromatic N) is 1. The quantitative estimate of drug-likeness (QED) is 0.424. The summed E-state index contributed by atoms with van der Waals surface area (Å²) in [6.07, 6.45) is 2.24. The molecule has 7 nitrogen and oxygen atoms in total. The summed E-state index contributed by atoms with van der Waals surface area (Å²) in [6.45, 7) is 1.95. The highest BCUT2D eigenvalue weighted by Crippen LogP contribution is 2.24. The number of amides is 3. The maximum absolute atomic E-state index is 12.5. The Labute approximate surface area is 178 Å². The van der Waals surface area contributed by atoms with Gasteiger partial charge in [-0.15, -0.1) is 11.3 Å². The number of thiazole rings is 1. The average Bonchev–Trinajstić information content (AvgIpc) is 3.15. The number of aromatic nitrogens is 1. The van der Waals surface area contributed by atoms with E-state index < -0.39 is 24.5 Å². The normalized spacial score (nSPS) is 10.6. The minimum Gasteiger partial charge on any atom is -0.452 e. The predicted molar refractivity (Wildman–Crippen MR) is 116 cm³/mol. The maximum atomic E-state index is 12.5. The summed E-state index contributed by atoms with van der Waals surface area (Å²) < 4.78 is 6.19. The molecule has 0 bridgehead atoms. The zero-order valence-electron chi connectivity index (χ0n) is 16.6. The Balaban J connectivity index is 1.58. The summed E-state index contributed by atoms with van der Waals surface area (Å²) in [7, 11) is 0. The van der Waals surface area contributed by atoms with E-state index in [-0.39, 0.29) is 0 Å². The Morgan fingerprint density at radius 3 is 2.63 bits per heavy atom. The van der Waals surface area contributed by atoms with Crippen LogP contribution in [-0.2, 0) is 16.0 Å². The van der Waals surface area contributed by atoms with Crippen molar-refractivity contribution in [1.29, 1.82) is 0 Å². The molecule has 30 heavy (non-hydrogen) atoms. The van der Waals surface area contributed by atoms with Crippen molar-refractivity contribution in [2.45, 2.75) is 26.2 Å². The number of para-hydroxylation sites is 1. The number of ether oxygens (including phenoxy) is 1. The number of imide groups is 1. The van der Waals surface area contributed by atoms with Crippen molar-refractivity contribution < 1.29 is 19.1 Å². The second kappa shape index (κ2) is 10.5. The highest BCUT2D eigenvalue weighted by atomic mass is 32.1. The van der Waals surface area contributed by atoms with Crippen molar-refractivity contribution >= 4 is 39.5 Å². The molecular formula is C22H23N3O4S. The monoisotopic (exact) mass is 425 g/mol. The number of carbonyl (C=O) groups is 3. The third kappa shape index (κ3) is 5.87. The Hall–Kier alpha value is -3.26.